The fraction of sp³-hybridized carbons (Fsp3) is 0.250. The SMILES string of the molecule is CC(C)n1cc(N)cc1C(=O)Nc1ccc(Cl)nn1. The molecule has 0 unspecified atom stereocenters. The average molecular weight is 280 g/mol. The van der Waals surface area contributed by atoms with Gasteiger partial charge in [0.2, 0.25) is 0 Å². The number of carbonyl (C=O) groups excluding carboxylic acids is 1. The fourth-order valence-electron chi connectivity index (χ4n) is 1.67. The smallest absolute Gasteiger partial charge is 0.273 e. The highest BCUT2D eigenvalue weighted by Crippen LogP contribution is 2.17. The summed E-state index contributed by atoms with van der Waals surface area (Å²) in [6.07, 6.45) is 1.73. The van der Waals surface area contributed by atoms with Crippen LogP contribution in [0.5, 0.6) is 0 Å². The second kappa shape index (κ2) is 5.27. The Balaban J connectivity index is 2.22. The van der Waals surface area contributed by atoms with E-state index < -0.39 is 0 Å². The molecular weight excluding hydrogens is 266 g/mol. The van der Waals surface area contributed by atoms with Gasteiger partial charge in [-0.25, -0.2) is 0 Å². The second-order valence-electron chi connectivity index (χ2n) is 4.36. The van der Waals surface area contributed by atoms with Gasteiger partial charge in [-0.05, 0) is 32.0 Å². The van der Waals surface area contributed by atoms with Crippen molar-refractivity contribution in [3.05, 3.63) is 35.2 Å². The number of nitrogens with two attached hydrogens (primary N) is 1. The normalized spacial score (nSPS) is 10.7. The zero-order valence-corrected chi connectivity index (χ0v) is 11.3. The van der Waals surface area contributed by atoms with Crippen molar-refractivity contribution in [2.45, 2.75) is 19.9 Å². The lowest BCUT2D eigenvalue weighted by Crippen LogP contribution is -2.18. The molecule has 2 aromatic rings. The second-order valence-corrected chi connectivity index (χ2v) is 4.74. The number of nitrogens with one attached hydrogen (secondary N) is 1. The van der Waals surface area contributed by atoms with E-state index in [1.165, 1.54) is 0 Å². The summed E-state index contributed by atoms with van der Waals surface area (Å²) in [5.74, 6) is 0.0477. The Labute approximate surface area is 115 Å². The van der Waals surface area contributed by atoms with Crippen LogP contribution in [-0.4, -0.2) is 20.7 Å². The number of hydrogen-bond donors (Lipinski definition) is 2. The van der Waals surface area contributed by atoms with Gasteiger partial charge in [-0.2, -0.15) is 0 Å². The van der Waals surface area contributed by atoms with Gasteiger partial charge in [0, 0.05) is 12.2 Å². The maximum absolute atomic E-state index is 12.1. The zero-order chi connectivity index (χ0) is 14.0. The minimum Gasteiger partial charge on any atom is -0.397 e. The van der Waals surface area contributed by atoms with Crippen LogP contribution in [-0.2, 0) is 0 Å². The summed E-state index contributed by atoms with van der Waals surface area (Å²) in [6, 6.07) is 4.90. The molecule has 2 rings (SSSR count). The van der Waals surface area contributed by atoms with Crippen LogP contribution in [0.4, 0.5) is 11.5 Å². The average Bonchev–Trinajstić information content (AvgIpc) is 2.74. The van der Waals surface area contributed by atoms with Crippen LogP contribution in [0.25, 0.3) is 0 Å². The third-order valence-electron chi connectivity index (χ3n) is 2.53. The first-order valence-corrected chi connectivity index (χ1v) is 6.13. The van der Waals surface area contributed by atoms with E-state index in [1.54, 1.807) is 29.0 Å². The molecule has 0 aliphatic rings. The van der Waals surface area contributed by atoms with Crippen molar-refractivity contribution in [2.75, 3.05) is 11.1 Å². The van der Waals surface area contributed by atoms with Crippen LogP contribution in [0.2, 0.25) is 5.15 Å². The number of aromatic nitrogens is 3. The number of halogens is 1. The van der Waals surface area contributed by atoms with E-state index in [0.717, 1.165) is 0 Å². The van der Waals surface area contributed by atoms with E-state index in [-0.39, 0.29) is 17.1 Å². The first-order chi connectivity index (χ1) is 8.97. The number of amides is 1. The monoisotopic (exact) mass is 279 g/mol. The lowest BCUT2D eigenvalue weighted by molar-refractivity contribution is 0.101. The molecule has 0 aliphatic heterocycles. The number of hydrogen-bond acceptors (Lipinski definition) is 4. The van der Waals surface area contributed by atoms with Gasteiger partial charge in [-0.15, -0.1) is 10.2 Å². The van der Waals surface area contributed by atoms with Gasteiger partial charge in [-0.1, -0.05) is 11.6 Å². The summed E-state index contributed by atoms with van der Waals surface area (Å²) in [4.78, 5) is 12.1. The van der Waals surface area contributed by atoms with Crippen LogP contribution >= 0.6 is 11.6 Å². The van der Waals surface area contributed by atoms with E-state index in [1.807, 2.05) is 13.8 Å². The number of anilines is 2. The van der Waals surface area contributed by atoms with Crippen molar-refractivity contribution >= 4 is 29.0 Å². The standard InChI is InChI=1S/C12H14ClN5O/c1-7(2)18-6-8(14)5-9(18)12(19)15-11-4-3-10(13)16-17-11/h3-7H,14H2,1-2H3,(H,15,17,19). The Morgan fingerprint density at radius 2 is 2.16 bits per heavy atom. The highest BCUT2D eigenvalue weighted by Gasteiger charge is 2.15. The van der Waals surface area contributed by atoms with Crippen LogP contribution in [0, 0.1) is 0 Å². The molecule has 6 nitrogen and oxygen atoms in total. The van der Waals surface area contributed by atoms with Gasteiger partial charge in [0.05, 0.1) is 5.69 Å². The molecule has 0 fully saturated rings. The molecule has 0 bridgehead atoms. The molecule has 3 N–H and O–H groups in total. The summed E-state index contributed by atoms with van der Waals surface area (Å²) in [5.41, 5.74) is 6.74. The summed E-state index contributed by atoms with van der Waals surface area (Å²) in [5, 5.41) is 10.3. The highest BCUT2D eigenvalue weighted by molar-refractivity contribution is 6.29. The molecule has 0 radical (unpaired) electrons. The van der Waals surface area contributed by atoms with Gasteiger partial charge in [0.25, 0.3) is 5.91 Å². The molecule has 1 amide bonds. The Morgan fingerprint density at radius 1 is 1.42 bits per heavy atom. The third kappa shape index (κ3) is 3.03. The van der Waals surface area contributed by atoms with Crippen molar-refractivity contribution in [1.82, 2.24) is 14.8 Å². The van der Waals surface area contributed by atoms with E-state index in [0.29, 0.717) is 17.2 Å². The van der Waals surface area contributed by atoms with E-state index >= 15 is 0 Å². The minimum absolute atomic E-state index is 0.134. The van der Waals surface area contributed by atoms with Crippen molar-refractivity contribution in [1.29, 1.82) is 0 Å². The first kappa shape index (κ1) is 13.4. The van der Waals surface area contributed by atoms with Gasteiger partial charge < -0.3 is 15.6 Å². The quantitative estimate of drug-likeness (QED) is 0.903. The van der Waals surface area contributed by atoms with Crippen LogP contribution in [0.1, 0.15) is 30.4 Å². The highest BCUT2D eigenvalue weighted by atomic mass is 35.5. The lowest BCUT2D eigenvalue weighted by Gasteiger charge is -2.12. The lowest BCUT2D eigenvalue weighted by atomic mass is 10.3. The molecule has 0 aliphatic carbocycles. The molecule has 0 aromatic carbocycles. The number of nitrogens with zero attached hydrogens (tertiary/aromatic N) is 3. The van der Waals surface area contributed by atoms with Crippen LogP contribution in [0.3, 0.4) is 0 Å². The first-order valence-electron chi connectivity index (χ1n) is 5.75. The Morgan fingerprint density at radius 3 is 2.74 bits per heavy atom. The Kier molecular flexibility index (Phi) is 3.71. The Hall–Kier alpha value is -2.08. The summed E-state index contributed by atoms with van der Waals surface area (Å²) >= 11 is 5.63. The summed E-state index contributed by atoms with van der Waals surface area (Å²) in [7, 11) is 0. The molecule has 0 atom stereocenters. The van der Waals surface area contributed by atoms with Crippen molar-refractivity contribution in [3.63, 3.8) is 0 Å². The molecule has 19 heavy (non-hydrogen) atoms. The zero-order valence-electron chi connectivity index (χ0n) is 10.6. The number of nitrogen functional groups attached to an aromatic ring is 1. The van der Waals surface area contributed by atoms with E-state index in [9.17, 15) is 4.79 Å². The van der Waals surface area contributed by atoms with Crippen molar-refractivity contribution in [2.24, 2.45) is 0 Å². The molecule has 0 saturated carbocycles. The molecule has 0 spiro atoms. The predicted molar refractivity (Wildman–Crippen MR) is 74.2 cm³/mol. The van der Waals surface area contributed by atoms with Gasteiger partial charge in [0.1, 0.15) is 5.69 Å². The van der Waals surface area contributed by atoms with E-state index in [4.69, 9.17) is 17.3 Å². The topological polar surface area (TPSA) is 85.8 Å². The van der Waals surface area contributed by atoms with Gasteiger partial charge >= 0.3 is 0 Å². The minimum atomic E-state index is -0.290. The van der Waals surface area contributed by atoms with Crippen molar-refractivity contribution < 1.29 is 4.79 Å². The Bertz CT molecular complexity index is 591. The molecule has 7 heteroatoms. The molecule has 2 aromatic heterocycles. The van der Waals surface area contributed by atoms with Crippen LogP contribution < -0.4 is 11.1 Å². The van der Waals surface area contributed by atoms with E-state index in [2.05, 4.69) is 15.5 Å². The number of rotatable bonds is 3. The largest absolute Gasteiger partial charge is 0.397 e. The summed E-state index contributed by atoms with van der Waals surface area (Å²) < 4.78 is 1.80. The summed E-state index contributed by atoms with van der Waals surface area (Å²) in [6.45, 7) is 3.94. The molecule has 2 heterocycles. The van der Waals surface area contributed by atoms with Crippen LogP contribution in [0.15, 0.2) is 24.4 Å². The fourth-order valence-corrected chi connectivity index (χ4v) is 1.77. The maximum atomic E-state index is 12.1. The van der Waals surface area contributed by atoms with Gasteiger partial charge in [0.15, 0.2) is 11.0 Å². The molecule has 0 saturated heterocycles. The van der Waals surface area contributed by atoms with Crippen molar-refractivity contribution in [3.8, 4) is 0 Å². The molecular formula is C12H14ClN5O. The maximum Gasteiger partial charge on any atom is 0.273 e. The third-order valence-corrected chi connectivity index (χ3v) is 2.73. The predicted octanol–water partition coefficient (Wildman–Crippen LogP) is 2.35. The van der Waals surface area contributed by atoms with Gasteiger partial charge in [-0.3, -0.25) is 4.79 Å². The number of carbonyl (C=O) groups is 1. The molecule has 100 valence electrons.